The first-order valence-electron chi connectivity index (χ1n) is 9.28. The molecule has 1 atom stereocenters. The fourth-order valence-corrected chi connectivity index (χ4v) is 4.33. The number of amides is 1. The second-order valence-electron chi connectivity index (χ2n) is 7.76. The number of piperidine rings is 1. The Kier molecular flexibility index (Phi) is 3.96. The lowest BCUT2D eigenvalue weighted by molar-refractivity contribution is -0.146. The molecule has 3 fully saturated rings. The smallest absolute Gasteiger partial charge is 0.230 e. The molecule has 1 aromatic rings. The van der Waals surface area contributed by atoms with Crippen molar-refractivity contribution < 1.29 is 9.21 Å². The Hall–Kier alpha value is -1.29. The molecule has 1 aliphatic carbocycles. The van der Waals surface area contributed by atoms with E-state index in [-0.39, 0.29) is 5.41 Å². The first-order chi connectivity index (χ1) is 11.2. The highest BCUT2D eigenvalue weighted by molar-refractivity contribution is 5.84. The van der Waals surface area contributed by atoms with Crippen LogP contribution in [-0.2, 0) is 17.8 Å². The third-order valence-electron chi connectivity index (χ3n) is 5.88. The lowest BCUT2D eigenvalue weighted by Crippen LogP contribution is -2.50. The van der Waals surface area contributed by atoms with Gasteiger partial charge >= 0.3 is 0 Å². The molecular weight excluding hydrogens is 288 g/mol. The molecule has 126 valence electrons. The van der Waals surface area contributed by atoms with E-state index in [1.54, 1.807) is 0 Å². The second-order valence-corrected chi connectivity index (χ2v) is 7.76. The predicted octanol–water partition coefficient (Wildman–Crippen LogP) is 3.07. The molecule has 2 aliphatic heterocycles. The zero-order valence-electron chi connectivity index (χ0n) is 14.2. The first-order valence-corrected chi connectivity index (χ1v) is 9.28. The van der Waals surface area contributed by atoms with E-state index in [0.717, 1.165) is 69.4 Å². The van der Waals surface area contributed by atoms with Gasteiger partial charge in [-0.3, -0.25) is 9.69 Å². The summed E-state index contributed by atoms with van der Waals surface area (Å²) in [6.45, 7) is 6.88. The molecule has 4 heteroatoms. The Labute approximate surface area is 138 Å². The van der Waals surface area contributed by atoms with Gasteiger partial charge in [0.05, 0.1) is 12.0 Å². The Morgan fingerprint density at radius 1 is 1.22 bits per heavy atom. The van der Waals surface area contributed by atoms with Crippen molar-refractivity contribution in [3.63, 3.8) is 0 Å². The van der Waals surface area contributed by atoms with Crippen molar-refractivity contribution in [2.75, 3.05) is 26.2 Å². The number of furan rings is 1. The van der Waals surface area contributed by atoms with E-state index in [2.05, 4.69) is 28.9 Å². The van der Waals surface area contributed by atoms with E-state index < -0.39 is 0 Å². The number of aryl methyl sites for hydroxylation is 1. The van der Waals surface area contributed by atoms with Gasteiger partial charge in [-0.2, -0.15) is 0 Å². The van der Waals surface area contributed by atoms with Crippen molar-refractivity contribution in [1.29, 1.82) is 0 Å². The van der Waals surface area contributed by atoms with Gasteiger partial charge < -0.3 is 9.32 Å². The number of likely N-dealkylation sites (tertiary alicyclic amines) is 2. The molecule has 4 nitrogen and oxygen atoms in total. The van der Waals surface area contributed by atoms with Gasteiger partial charge in [0.2, 0.25) is 5.91 Å². The minimum atomic E-state index is -0.104. The number of nitrogens with zero attached hydrogens (tertiary/aromatic N) is 2. The van der Waals surface area contributed by atoms with Gasteiger partial charge in [-0.25, -0.2) is 0 Å². The molecular formula is C19H28N2O2. The summed E-state index contributed by atoms with van der Waals surface area (Å²) in [6.07, 6.45) is 6.85. The van der Waals surface area contributed by atoms with Gasteiger partial charge in [0.1, 0.15) is 11.5 Å². The van der Waals surface area contributed by atoms with Crippen molar-refractivity contribution in [2.45, 2.75) is 52.0 Å². The molecule has 2 saturated heterocycles. The van der Waals surface area contributed by atoms with Crippen LogP contribution in [0, 0.1) is 11.3 Å². The molecule has 3 aliphatic rings. The Morgan fingerprint density at radius 2 is 2.04 bits per heavy atom. The maximum Gasteiger partial charge on any atom is 0.230 e. The highest BCUT2D eigenvalue weighted by Crippen LogP contribution is 2.42. The van der Waals surface area contributed by atoms with E-state index in [1.807, 2.05) is 0 Å². The number of carbonyl (C=O) groups is 1. The Balaban J connectivity index is 1.40. The van der Waals surface area contributed by atoms with Gasteiger partial charge in [0.15, 0.2) is 0 Å². The molecule has 0 aromatic carbocycles. The van der Waals surface area contributed by atoms with Crippen LogP contribution in [0.1, 0.15) is 50.5 Å². The van der Waals surface area contributed by atoms with Crippen LogP contribution in [-0.4, -0.2) is 41.9 Å². The average Bonchev–Trinajstić information content (AvgIpc) is 3.10. The minimum Gasteiger partial charge on any atom is -0.465 e. The molecule has 0 bridgehead atoms. The molecule has 1 spiro atoms. The molecule has 0 N–H and O–H groups in total. The lowest BCUT2D eigenvalue weighted by atomic mass is 9.78. The molecule has 4 rings (SSSR count). The van der Waals surface area contributed by atoms with Crippen LogP contribution in [0.15, 0.2) is 16.5 Å². The number of hydrogen-bond acceptors (Lipinski definition) is 3. The van der Waals surface area contributed by atoms with E-state index in [4.69, 9.17) is 4.42 Å². The van der Waals surface area contributed by atoms with Crippen molar-refractivity contribution in [1.82, 2.24) is 9.80 Å². The normalized spacial score (nSPS) is 28.9. The molecule has 1 aromatic heterocycles. The largest absolute Gasteiger partial charge is 0.465 e. The molecule has 0 unspecified atom stereocenters. The highest BCUT2D eigenvalue weighted by Gasteiger charge is 2.48. The zero-order valence-corrected chi connectivity index (χ0v) is 14.2. The van der Waals surface area contributed by atoms with Gasteiger partial charge in [0.25, 0.3) is 0 Å². The van der Waals surface area contributed by atoms with Crippen molar-refractivity contribution in [2.24, 2.45) is 11.3 Å². The summed E-state index contributed by atoms with van der Waals surface area (Å²) in [4.78, 5) is 17.6. The standard InChI is InChI=1S/C19H28N2O2/c1-2-16-6-7-17(23-16)13-20-11-9-19(14-20)8-3-10-21(18(19)22)12-15-4-5-15/h6-7,15H,2-5,8-14H2,1H3/t19-/m0/s1. The monoisotopic (exact) mass is 316 g/mol. The highest BCUT2D eigenvalue weighted by atomic mass is 16.3. The maximum absolute atomic E-state index is 13.0. The van der Waals surface area contributed by atoms with Crippen LogP contribution in [0.25, 0.3) is 0 Å². The van der Waals surface area contributed by atoms with Crippen LogP contribution < -0.4 is 0 Å². The van der Waals surface area contributed by atoms with Crippen molar-refractivity contribution in [3.8, 4) is 0 Å². The first kappa shape index (κ1) is 15.3. The van der Waals surface area contributed by atoms with E-state index >= 15 is 0 Å². The zero-order chi connectivity index (χ0) is 15.9. The maximum atomic E-state index is 13.0. The van der Waals surface area contributed by atoms with Crippen LogP contribution in [0.3, 0.4) is 0 Å². The summed E-state index contributed by atoms with van der Waals surface area (Å²) in [5.41, 5.74) is -0.104. The summed E-state index contributed by atoms with van der Waals surface area (Å²) in [5, 5.41) is 0. The number of carbonyl (C=O) groups excluding carboxylic acids is 1. The van der Waals surface area contributed by atoms with Crippen LogP contribution in [0.2, 0.25) is 0 Å². The summed E-state index contributed by atoms with van der Waals surface area (Å²) < 4.78 is 5.84. The topological polar surface area (TPSA) is 36.7 Å². The van der Waals surface area contributed by atoms with E-state index in [0.29, 0.717) is 5.91 Å². The third-order valence-corrected chi connectivity index (χ3v) is 5.88. The van der Waals surface area contributed by atoms with E-state index in [1.165, 1.54) is 19.3 Å². The fourth-order valence-electron chi connectivity index (χ4n) is 4.33. The lowest BCUT2D eigenvalue weighted by Gasteiger charge is -2.39. The summed E-state index contributed by atoms with van der Waals surface area (Å²) in [6, 6.07) is 4.16. The number of rotatable bonds is 5. The molecule has 3 heterocycles. The SMILES string of the molecule is CCc1ccc(CN2CC[C@@]3(CCCN(CC4CC4)C3=O)C2)o1. The van der Waals surface area contributed by atoms with Gasteiger partial charge in [-0.15, -0.1) is 0 Å². The average molecular weight is 316 g/mol. The summed E-state index contributed by atoms with van der Waals surface area (Å²) in [7, 11) is 0. The summed E-state index contributed by atoms with van der Waals surface area (Å²) in [5.74, 6) is 3.32. The second kappa shape index (κ2) is 5.97. The molecule has 23 heavy (non-hydrogen) atoms. The molecule has 0 radical (unpaired) electrons. The van der Waals surface area contributed by atoms with E-state index in [9.17, 15) is 4.79 Å². The van der Waals surface area contributed by atoms with Crippen molar-refractivity contribution >= 4 is 5.91 Å². The van der Waals surface area contributed by atoms with Crippen LogP contribution in [0.4, 0.5) is 0 Å². The van der Waals surface area contributed by atoms with Gasteiger partial charge in [0, 0.05) is 26.1 Å². The fraction of sp³-hybridized carbons (Fsp3) is 0.737. The Morgan fingerprint density at radius 3 is 2.78 bits per heavy atom. The summed E-state index contributed by atoms with van der Waals surface area (Å²) >= 11 is 0. The van der Waals surface area contributed by atoms with Crippen LogP contribution >= 0.6 is 0 Å². The van der Waals surface area contributed by atoms with Gasteiger partial charge in [-0.05, 0) is 56.7 Å². The van der Waals surface area contributed by atoms with Crippen LogP contribution in [0.5, 0.6) is 0 Å². The van der Waals surface area contributed by atoms with Crippen molar-refractivity contribution in [3.05, 3.63) is 23.7 Å². The quantitative estimate of drug-likeness (QED) is 0.838. The molecule has 1 saturated carbocycles. The predicted molar refractivity (Wildman–Crippen MR) is 89.0 cm³/mol. The number of hydrogen-bond donors (Lipinski definition) is 0. The minimum absolute atomic E-state index is 0.104. The van der Waals surface area contributed by atoms with Gasteiger partial charge in [-0.1, -0.05) is 6.92 Å². The Bertz CT molecular complexity index is 578. The molecule has 1 amide bonds. The third kappa shape index (κ3) is 3.06.